The Morgan fingerprint density at radius 3 is 3.06 bits per heavy atom. The van der Waals surface area contributed by atoms with Gasteiger partial charge in [0.05, 0.1) is 6.04 Å². The van der Waals surface area contributed by atoms with Crippen molar-refractivity contribution in [3.05, 3.63) is 47.5 Å². The molecule has 1 aromatic carbocycles. The van der Waals surface area contributed by atoms with E-state index in [1.165, 1.54) is 11.1 Å². The van der Waals surface area contributed by atoms with Gasteiger partial charge in [0.2, 0.25) is 5.91 Å². The maximum atomic E-state index is 11.5. The molecule has 0 aliphatic heterocycles. The Hall–Kier alpha value is -1.57. The Bertz CT molecular complexity index is 409. The predicted octanol–water partition coefficient (Wildman–Crippen LogP) is 2.76. The van der Waals surface area contributed by atoms with Crippen LogP contribution in [0.2, 0.25) is 0 Å². The molecule has 1 atom stereocenters. The second-order valence-corrected chi connectivity index (χ2v) is 4.15. The third-order valence-electron chi connectivity index (χ3n) is 3.00. The number of rotatable bonds is 2. The van der Waals surface area contributed by atoms with Crippen molar-refractivity contribution in [3.8, 4) is 0 Å². The monoisotopic (exact) mass is 215 g/mol. The summed E-state index contributed by atoms with van der Waals surface area (Å²) in [5.41, 5.74) is 2.66. The van der Waals surface area contributed by atoms with E-state index in [0.717, 1.165) is 19.3 Å². The number of carbonyl (C=O) groups is 1. The number of amides is 1. The first-order valence-electron chi connectivity index (χ1n) is 5.82. The molecule has 2 heteroatoms. The lowest BCUT2D eigenvalue weighted by molar-refractivity contribution is -0.117. The van der Waals surface area contributed by atoms with Crippen LogP contribution >= 0.6 is 0 Å². The minimum Gasteiger partial charge on any atom is -0.346 e. The fraction of sp³-hybridized carbons (Fsp3) is 0.357. The molecular weight excluding hydrogens is 198 g/mol. The normalized spacial score (nSPS) is 19.4. The van der Waals surface area contributed by atoms with Crippen molar-refractivity contribution in [2.45, 2.75) is 32.2 Å². The second kappa shape index (κ2) is 4.97. The van der Waals surface area contributed by atoms with Crippen molar-refractivity contribution in [3.63, 3.8) is 0 Å². The summed E-state index contributed by atoms with van der Waals surface area (Å²) in [4.78, 5) is 11.5. The molecular formula is C14H17NO. The van der Waals surface area contributed by atoms with Crippen LogP contribution in [0.15, 0.2) is 36.4 Å². The number of carbonyl (C=O) groups excluding carboxylic acids is 1. The molecule has 1 aromatic rings. The van der Waals surface area contributed by atoms with Gasteiger partial charge in [-0.3, -0.25) is 4.79 Å². The maximum absolute atomic E-state index is 11.5. The Labute approximate surface area is 96.4 Å². The highest BCUT2D eigenvalue weighted by Crippen LogP contribution is 2.29. The smallest absolute Gasteiger partial charge is 0.244 e. The average molecular weight is 215 g/mol. The van der Waals surface area contributed by atoms with Gasteiger partial charge in [-0.15, -0.1) is 0 Å². The molecule has 0 aromatic heterocycles. The molecule has 2 rings (SSSR count). The summed E-state index contributed by atoms with van der Waals surface area (Å²) in [7, 11) is 0. The van der Waals surface area contributed by atoms with Gasteiger partial charge in [-0.05, 0) is 43.4 Å². The number of aryl methyl sites for hydroxylation is 1. The van der Waals surface area contributed by atoms with Gasteiger partial charge in [-0.2, -0.15) is 0 Å². The van der Waals surface area contributed by atoms with Crippen LogP contribution in [0.25, 0.3) is 0 Å². The van der Waals surface area contributed by atoms with Gasteiger partial charge in [-0.1, -0.05) is 30.3 Å². The van der Waals surface area contributed by atoms with Crippen LogP contribution in [-0.4, -0.2) is 5.91 Å². The van der Waals surface area contributed by atoms with E-state index in [9.17, 15) is 4.79 Å². The summed E-state index contributed by atoms with van der Waals surface area (Å²) in [5, 5.41) is 3.05. The number of hydrogen-bond donors (Lipinski definition) is 1. The van der Waals surface area contributed by atoms with E-state index >= 15 is 0 Å². The molecule has 0 saturated heterocycles. The van der Waals surface area contributed by atoms with E-state index in [2.05, 4.69) is 23.5 Å². The van der Waals surface area contributed by atoms with Gasteiger partial charge in [-0.25, -0.2) is 0 Å². The summed E-state index contributed by atoms with van der Waals surface area (Å²) >= 11 is 0. The van der Waals surface area contributed by atoms with Crippen molar-refractivity contribution < 1.29 is 4.79 Å². The molecule has 1 aliphatic carbocycles. The Morgan fingerprint density at radius 2 is 2.25 bits per heavy atom. The van der Waals surface area contributed by atoms with Gasteiger partial charge < -0.3 is 5.32 Å². The van der Waals surface area contributed by atoms with Crippen molar-refractivity contribution in [2.24, 2.45) is 0 Å². The zero-order valence-corrected chi connectivity index (χ0v) is 9.57. The molecule has 0 radical (unpaired) electrons. The first kappa shape index (κ1) is 10.9. The van der Waals surface area contributed by atoms with Gasteiger partial charge in [0.15, 0.2) is 0 Å². The van der Waals surface area contributed by atoms with Crippen LogP contribution in [0.1, 0.15) is 36.9 Å². The minimum absolute atomic E-state index is 0.00389. The van der Waals surface area contributed by atoms with Gasteiger partial charge in [0.25, 0.3) is 0 Å². The summed E-state index contributed by atoms with van der Waals surface area (Å²) in [5.74, 6) is 0.00389. The number of fused-ring (bicyclic) bond motifs is 1. The number of nitrogens with one attached hydrogen (secondary N) is 1. The number of benzene rings is 1. The molecule has 2 nitrogen and oxygen atoms in total. The lowest BCUT2D eigenvalue weighted by Crippen LogP contribution is -2.29. The summed E-state index contributed by atoms with van der Waals surface area (Å²) in [6, 6.07) is 8.57. The Morgan fingerprint density at radius 1 is 1.44 bits per heavy atom. The standard InChI is InChI=1S/C14H17NO/c1-2-6-14(16)15-13-10-5-8-11-7-3-4-9-12(11)13/h2-4,6-7,9,13H,5,8,10H2,1H3,(H,15,16). The van der Waals surface area contributed by atoms with Gasteiger partial charge in [0.1, 0.15) is 0 Å². The molecule has 1 amide bonds. The molecule has 84 valence electrons. The summed E-state index contributed by atoms with van der Waals surface area (Å²) in [6.07, 6.45) is 6.67. The molecule has 16 heavy (non-hydrogen) atoms. The van der Waals surface area contributed by atoms with Gasteiger partial charge >= 0.3 is 0 Å². The lowest BCUT2D eigenvalue weighted by atomic mass is 9.88. The van der Waals surface area contributed by atoms with Crippen LogP contribution in [-0.2, 0) is 11.2 Å². The van der Waals surface area contributed by atoms with E-state index in [1.54, 1.807) is 12.2 Å². The third kappa shape index (κ3) is 2.32. The van der Waals surface area contributed by atoms with Crippen molar-refractivity contribution in [1.82, 2.24) is 5.32 Å². The Balaban J connectivity index is 2.16. The first-order valence-corrected chi connectivity index (χ1v) is 5.82. The maximum Gasteiger partial charge on any atom is 0.244 e. The van der Waals surface area contributed by atoms with E-state index in [1.807, 2.05) is 13.0 Å². The molecule has 1 aliphatic rings. The predicted molar refractivity (Wildman–Crippen MR) is 65.1 cm³/mol. The van der Waals surface area contributed by atoms with Crippen LogP contribution in [0, 0.1) is 0 Å². The molecule has 1 unspecified atom stereocenters. The van der Waals surface area contributed by atoms with Crippen molar-refractivity contribution in [1.29, 1.82) is 0 Å². The lowest BCUT2D eigenvalue weighted by Gasteiger charge is -2.25. The SMILES string of the molecule is CC=CC(=O)NC1CCCc2ccccc21. The number of hydrogen-bond acceptors (Lipinski definition) is 1. The van der Waals surface area contributed by atoms with Crippen LogP contribution in [0.4, 0.5) is 0 Å². The van der Waals surface area contributed by atoms with Crippen LogP contribution in [0.3, 0.4) is 0 Å². The third-order valence-corrected chi connectivity index (χ3v) is 3.00. The molecule has 0 heterocycles. The first-order chi connectivity index (χ1) is 7.81. The highest BCUT2D eigenvalue weighted by atomic mass is 16.1. The molecule has 0 fully saturated rings. The van der Waals surface area contributed by atoms with E-state index < -0.39 is 0 Å². The zero-order chi connectivity index (χ0) is 11.4. The minimum atomic E-state index is 0.00389. The highest BCUT2D eigenvalue weighted by molar-refractivity contribution is 5.87. The average Bonchev–Trinajstić information content (AvgIpc) is 2.30. The zero-order valence-electron chi connectivity index (χ0n) is 9.57. The number of allylic oxidation sites excluding steroid dienone is 1. The molecule has 0 saturated carbocycles. The molecule has 1 N–H and O–H groups in total. The fourth-order valence-electron chi connectivity index (χ4n) is 2.28. The summed E-state index contributed by atoms with van der Waals surface area (Å²) < 4.78 is 0. The Kier molecular flexibility index (Phi) is 3.40. The van der Waals surface area contributed by atoms with Crippen molar-refractivity contribution >= 4 is 5.91 Å². The van der Waals surface area contributed by atoms with E-state index in [-0.39, 0.29) is 11.9 Å². The summed E-state index contributed by atoms with van der Waals surface area (Å²) in [6.45, 7) is 1.86. The van der Waals surface area contributed by atoms with E-state index in [0.29, 0.717) is 0 Å². The highest BCUT2D eigenvalue weighted by Gasteiger charge is 2.20. The largest absolute Gasteiger partial charge is 0.346 e. The fourth-order valence-corrected chi connectivity index (χ4v) is 2.28. The van der Waals surface area contributed by atoms with Crippen LogP contribution in [0.5, 0.6) is 0 Å². The molecule has 0 bridgehead atoms. The van der Waals surface area contributed by atoms with Crippen molar-refractivity contribution in [2.75, 3.05) is 0 Å². The second-order valence-electron chi connectivity index (χ2n) is 4.15. The molecule has 0 spiro atoms. The van der Waals surface area contributed by atoms with Crippen LogP contribution < -0.4 is 5.32 Å². The quantitative estimate of drug-likeness (QED) is 0.755. The van der Waals surface area contributed by atoms with Gasteiger partial charge in [0, 0.05) is 0 Å². The topological polar surface area (TPSA) is 29.1 Å². The van der Waals surface area contributed by atoms with E-state index in [4.69, 9.17) is 0 Å².